The van der Waals surface area contributed by atoms with E-state index in [9.17, 15) is 4.79 Å². The summed E-state index contributed by atoms with van der Waals surface area (Å²) >= 11 is 0. The van der Waals surface area contributed by atoms with Gasteiger partial charge in [-0.1, -0.05) is 6.42 Å². The Kier molecular flexibility index (Phi) is 6.05. The van der Waals surface area contributed by atoms with E-state index in [0.29, 0.717) is 25.0 Å². The molecule has 5 nitrogen and oxygen atoms in total. The van der Waals surface area contributed by atoms with E-state index in [1.54, 1.807) is 19.0 Å². The molecule has 3 atom stereocenters. The Morgan fingerprint density at radius 2 is 1.94 bits per heavy atom. The van der Waals surface area contributed by atoms with Gasteiger partial charge >= 0.3 is 0 Å². The minimum Gasteiger partial charge on any atom is -0.349 e. The summed E-state index contributed by atoms with van der Waals surface area (Å²) in [5.41, 5.74) is 9.22. The maximum atomic E-state index is 11.7. The lowest BCUT2D eigenvalue weighted by atomic mass is 9.99. The third-order valence-electron chi connectivity index (χ3n) is 3.73. The van der Waals surface area contributed by atoms with E-state index in [2.05, 4.69) is 24.3 Å². The van der Waals surface area contributed by atoms with Crippen molar-refractivity contribution in [2.45, 2.75) is 57.7 Å². The average molecular weight is 256 g/mol. The smallest absolute Gasteiger partial charge is 0.223 e. The first-order chi connectivity index (χ1) is 8.45. The Labute approximate surface area is 111 Å². The molecule has 1 heterocycles. The van der Waals surface area contributed by atoms with Crippen molar-refractivity contribution in [1.82, 2.24) is 15.3 Å². The van der Waals surface area contributed by atoms with Gasteiger partial charge in [0.15, 0.2) is 0 Å². The largest absolute Gasteiger partial charge is 0.349 e. The molecule has 1 aliphatic heterocycles. The van der Waals surface area contributed by atoms with Gasteiger partial charge in [-0.2, -0.15) is 0 Å². The maximum Gasteiger partial charge on any atom is 0.223 e. The number of hydrogen-bond donors (Lipinski definition) is 2. The van der Waals surface area contributed by atoms with Crippen LogP contribution in [0.4, 0.5) is 0 Å². The van der Waals surface area contributed by atoms with Crippen molar-refractivity contribution in [3.63, 3.8) is 0 Å². The highest BCUT2D eigenvalue weighted by Gasteiger charge is 2.27. The first kappa shape index (κ1) is 15.4. The fourth-order valence-electron chi connectivity index (χ4n) is 2.46. The zero-order chi connectivity index (χ0) is 13.7. The van der Waals surface area contributed by atoms with Gasteiger partial charge in [0, 0.05) is 45.2 Å². The van der Waals surface area contributed by atoms with Crippen molar-refractivity contribution in [1.29, 1.82) is 0 Å². The Morgan fingerprint density at radius 1 is 1.39 bits per heavy atom. The number of rotatable bonds is 5. The lowest BCUT2D eigenvalue weighted by molar-refractivity contribution is -0.129. The van der Waals surface area contributed by atoms with Crippen molar-refractivity contribution in [2.75, 3.05) is 20.6 Å². The predicted molar refractivity (Wildman–Crippen MR) is 73.9 cm³/mol. The Morgan fingerprint density at radius 3 is 2.39 bits per heavy atom. The summed E-state index contributed by atoms with van der Waals surface area (Å²) in [6, 6.07) is 1.05. The quantitative estimate of drug-likeness (QED) is 0.754. The van der Waals surface area contributed by atoms with Crippen LogP contribution in [0.2, 0.25) is 0 Å². The van der Waals surface area contributed by atoms with Crippen molar-refractivity contribution >= 4 is 5.91 Å². The molecule has 0 aromatic rings. The van der Waals surface area contributed by atoms with Gasteiger partial charge in [-0.15, -0.1) is 0 Å². The zero-order valence-electron chi connectivity index (χ0n) is 12.1. The molecule has 5 heteroatoms. The molecule has 1 fully saturated rings. The molecular formula is C13H28N4O. The predicted octanol–water partition coefficient (Wildman–Crippen LogP) is 0.560. The number of nitrogens with two attached hydrogens (primary N) is 1. The number of hydrazine groups is 1. The third kappa shape index (κ3) is 4.23. The molecule has 0 radical (unpaired) electrons. The van der Waals surface area contributed by atoms with Gasteiger partial charge in [-0.25, -0.2) is 10.4 Å². The van der Waals surface area contributed by atoms with Crippen LogP contribution < -0.4 is 11.2 Å². The van der Waals surface area contributed by atoms with Crippen LogP contribution in [0.1, 0.15) is 39.5 Å². The van der Waals surface area contributed by atoms with Crippen LogP contribution in [0.25, 0.3) is 0 Å². The highest BCUT2D eigenvalue weighted by Crippen LogP contribution is 2.20. The summed E-state index contributed by atoms with van der Waals surface area (Å²) in [6.07, 6.45) is 4.15. The minimum atomic E-state index is 0.0305. The van der Waals surface area contributed by atoms with Crippen LogP contribution in [-0.4, -0.2) is 54.6 Å². The number of nitrogens with zero attached hydrogens (tertiary/aromatic N) is 2. The fraction of sp³-hybridized carbons (Fsp3) is 0.923. The number of piperidine rings is 1. The number of nitrogens with one attached hydrogen (secondary N) is 1. The number of hydrogen-bond acceptors (Lipinski definition) is 4. The lowest BCUT2D eigenvalue weighted by Gasteiger charge is -2.41. The van der Waals surface area contributed by atoms with Crippen LogP contribution in [0, 0.1) is 0 Å². The molecule has 0 bridgehead atoms. The molecule has 1 amide bonds. The molecule has 0 aromatic heterocycles. The molecule has 0 saturated carbocycles. The first-order valence-electron chi connectivity index (χ1n) is 6.90. The number of carbonyl (C=O) groups is 1. The fourth-order valence-corrected chi connectivity index (χ4v) is 2.46. The normalized spacial score (nSPS) is 26.9. The topological polar surface area (TPSA) is 61.6 Å². The van der Waals surface area contributed by atoms with Crippen molar-refractivity contribution in [3.8, 4) is 0 Å². The van der Waals surface area contributed by atoms with Crippen LogP contribution >= 0.6 is 0 Å². The van der Waals surface area contributed by atoms with Gasteiger partial charge in [-0.05, 0) is 26.7 Å². The van der Waals surface area contributed by atoms with E-state index < -0.39 is 0 Å². The summed E-state index contributed by atoms with van der Waals surface area (Å²) in [6.45, 7) is 4.93. The van der Waals surface area contributed by atoms with E-state index in [1.807, 2.05) is 0 Å². The van der Waals surface area contributed by atoms with Gasteiger partial charge in [0.2, 0.25) is 5.91 Å². The molecule has 106 valence electrons. The summed E-state index contributed by atoms with van der Waals surface area (Å²) in [4.78, 5) is 13.3. The van der Waals surface area contributed by atoms with Crippen molar-refractivity contribution in [3.05, 3.63) is 0 Å². The molecule has 0 aliphatic carbocycles. The monoisotopic (exact) mass is 256 g/mol. The highest BCUT2D eigenvalue weighted by atomic mass is 16.2. The van der Waals surface area contributed by atoms with Crippen LogP contribution in [0.5, 0.6) is 0 Å². The Balaban J connectivity index is 2.53. The second kappa shape index (κ2) is 7.07. The van der Waals surface area contributed by atoms with Crippen molar-refractivity contribution in [2.24, 2.45) is 5.73 Å². The van der Waals surface area contributed by atoms with E-state index in [4.69, 9.17) is 5.73 Å². The Hall–Kier alpha value is -0.650. The van der Waals surface area contributed by atoms with E-state index in [1.165, 1.54) is 19.3 Å². The molecule has 0 aromatic carbocycles. The van der Waals surface area contributed by atoms with Crippen LogP contribution in [0.3, 0.4) is 0 Å². The number of amides is 1. The van der Waals surface area contributed by atoms with E-state index in [-0.39, 0.29) is 11.9 Å². The van der Waals surface area contributed by atoms with E-state index in [0.717, 1.165) is 0 Å². The average Bonchev–Trinajstić information content (AvgIpc) is 2.32. The molecule has 0 spiro atoms. The van der Waals surface area contributed by atoms with Gasteiger partial charge in [-0.3, -0.25) is 4.79 Å². The molecule has 3 unspecified atom stereocenters. The Bertz CT molecular complexity index is 260. The summed E-state index contributed by atoms with van der Waals surface area (Å²) in [7, 11) is 3.56. The molecule has 1 rings (SSSR count). The summed E-state index contributed by atoms with van der Waals surface area (Å²) in [5, 5.41) is 2.28. The minimum absolute atomic E-state index is 0.0305. The van der Waals surface area contributed by atoms with Gasteiger partial charge in [0.25, 0.3) is 0 Å². The van der Waals surface area contributed by atoms with Gasteiger partial charge in [0.05, 0.1) is 0 Å². The second-order valence-electron chi connectivity index (χ2n) is 5.59. The molecule has 18 heavy (non-hydrogen) atoms. The highest BCUT2D eigenvalue weighted by molar-refractivity contribution is 5.76. The van der Waals surface area contributed by atoms with Crippen LogP contribution in [0.15, 0.2) is 0 Å². The summed E-state index contributed by atoms with van der Waals surface area (Å²) < 4.78 is 0. The summed E-state index contributed by atoms with van der Waals surface area (Å²) in [5.74, 6) is 0.121. The molecular weight excluding hydrogens is 228 g/mol. The second-order valence-corrected chi connectivity index (χ2v) is 5.59. The lowest BCUT2D eigenvalue weighted by Crippen LogP contribution is -2.57. The van der Waals surface area contributed by atoms with E-state index >= 15 is 0 Å². The number of carbonyl (C=O) groups excluding carboxylic acids is 1. The van der Waals surface area contributed by atoms with Gasteiger partial charge < -0.3 is 10.6 Å². The van der Waals surface area contributed by atoms with Gasteiger partial charge in [0.1, 0.15) is 0 Å². The standard InChI is InChI=1S/C13H28N4O/c1-10-6-5-7-11(2)17(10)15-12(9-14)8-13(18)16(3)4/h10-12,15H,5-9,14H2,1-4H3. The van der Waals surface area contributed by atoms with Crippen molar-refractivity contribution < 1.29 is 4.79 Å². The molecule has 3 N–H and O–H groups in total. The SMILES string of the molecule is CC1CCCC(C)N1NC(CN)CC(=O)N(C)C. The zero-order valence-corrected chi connectivity index (χ0v) is 12.1. The molecule has 1 aliphatic rings. The molecule has 1 saturated heterocycles. The maximum absolute atomic E-state index is 11.7. The van der Waals surface area contributed by atoms with Crippen LogP contribution in [-0.2, 0) is 4.79 Å². The third-order valence-corrected chi connectivity index (χ3v) is 3.73. The first-order valence-corrected chi connectivity index (χ1v) is 6.90.